The van der Waals surface area contributed by atoms with Crippen molar-refractivity contribution in [3.05, 3.63) is 118 Å². The quantitative estimate of drug-likeness (QED) is 0.0957. The number of methoxy groups -OCH3 is 1. The van der Waals surface area contributed by atoms with Crippen molar-refractivity contribution >= 4 is 29.0 Å². The van der Waals surface area contributed by atoms with Gasteiger partial charge in [-0.05, 0) is 67.0 Å². The van der Waals surface area contributed by atoms with Crippen LogP contribution in [0.1, 0.15) is 54.5 Å². The minimum atomic E-state index is -4.44. The molecule has 0 aliphatic heterocycles. The number of hydrogen-bond donors (Lipinski definition) is 1. The van der Waals surface area contributed by atoms with Gasteiger partial charge in [0.05, 0.1) is 24.9 Å². The molecule has 0 amide bonds. The largest absolute Gasteiger partial charge is 0.464 e. The number of benzene rings is 3. The molecular formula is C35H37ClF3N5O5. The number of rotatable bonds is 12. The molecule has 49 heavy (non-hydrogen) atoms. The summed E-state index contributed by atoms with van der Waals surface area (Å²) in [5.41, 5.74) is 0.663. The monoisotopic (exact) mass is 699 g/mol. The molecule has 2 atom stereocenters. The lowest BCUT2D eigenvalue weighted by Gasteiger charge is -2.35. The lowest BCUT2D eigenvalue weighted by atomic mass is 9.79. The molecule has 1 N–H and O–H groups in total. The Morgan fingerprint density at radius 1 is 1.04 bits per heavy atom. The molecule has 0 radical (unpaired) electrons. The van der Waals surface area contributed by atoms with Gasteiger partial charge < -0.3 is 19.5 Å². The van der Waals surface area contributed by atoms with Gasteiger partial charge >= 0.3 is 12.1 Å². The van der Waals surface area contributed by atoms with Crippen molar-refractivity contribution in [1.82, 2.24) is 14.8 Å². The number of aliphatic hydroxyl groups is 1. The highest BCUT2D eigenvalue weighted by Gasteiger charge is 2.44. The second kappa shape index (κ2) is 16.6. The summed E-state index contributed by atoms with van der Waals surface area (Å²) in [6.07, 6.45) is 1.06. The van der Waals surface area contributed by atoms with E-state index < -0.39 is 23.3 Å². The van der Waals surface area contributed by atoms with Crippen LogP contribution in [0.25, 0.3) is 0 Å². The molecule has 260 valence electrons. The number of halogens is 4. The van der Waals surface area contributed by atoms with Gasteiger partial charge in [0.2, 0.25) is 0 Å². The van der Waals surface area contributed by atoms with Gasteiger partial charge in [-0.3, -0.25) is 0 Å². The van der Waals surface area contributed by atoms with Gasteiger partial charge in [-0.15, -0.1) is 0 Å². The molecule has 0 spiro atoms. The van der Waals surface area contributed by atoms with E-state index in [-0.39, 0.29) is 29.5 Å². The van der Waals surface area contributed by atoms with Gasteiger partial charge in [-0.25, -0.2) is 14.5 Å². The fourth-order valence-corrected chi connectivity index (χ4v) is 5.34. The van der Waals surface area contributed by atoms with E-state index in [0.717, 1.165) is 17.7 Å². The molecule has 4 aromatic rings. The predicted octanol–water partition coefficient (Wildman–Crippen LogP) is 7.04. The Morgan fingerprint density at radius 2 is 1.76 bits per heavy atom. The molecule has 0 saturated heterocycles. The number of alkyl halides is 3. The van der Waals surface area contributed by atoms with Crippen LogP contribution in [-0.2, 0) is 44.1 Å². The standard InChI is InChI=1S/C20H19F3N2O4.C15H18ClN3O/c1-13(14-8-6-9-16(11-14)20(21,22)23)24-29-12-15-7-4-5-10-17(15)18(25-28-3)19(26)27-2;1-11(12-2-3-12)15(20,8-19-10-17-9-18-19)13-4-6-14(16)7-5-13/h4-11H,12H2,1-3H3;4-7,9-12,20H,2-3,8H2,1H3/b24-13+,25-18+;. The van der Waals surface area contributed by atoms with E-state index in [0.29, 0.717) is 28.6 Å². The van der Waals surface area contributed by atoms with Crippen molar-refractivity contribution in [1.29, 1.82) is 0 Å². The average Bonchev–Trinajstić information content (AvgIpc) is 3.82. The number of ether oxygens (including phenoxy) is 1. The van der Waals surface area contributed by atoms with Crippen molar-refractivity contribution in [3.63, 3.8) is 0 Å². The van der Waals surface area contributed by atoms with Crippen LogP contribution >= 0.6 is 11.6 Å². The molecule has 0 bridgehead atoms. The second-order valence-electron chi connectivity index (χ2n) is 11.5. The third-order valence-electron chi connectivity index (χ3n) is 8.16. The van der Waals surface area contributed by atoms with E-state index in [1.54, 1.807) is 35.3 Å². The maximum atomic E-state index is 12.9. The third-order valence-corrected chi connectivity index (χ3v) is 8.41. The van der Waals surface area contributed by atoms with E-state index in [1.807, 2.05) is 24.3 Å². The summed E-state index contributed by atoms with van der Waals surface area (Å²) in [6, 6.07) is 19.0. The maximum Gasteiger partial charge on any atom is 0.416 e. The summed E-state index contributed by atoms with van der Waals surface area (Å²) in [7, 11) is 2.51. The highest BCUT2D eigenvalue weighted by atomic mass is 35.5. The maximum absolute atomic E-state index is 12.9. The van der Waals surface area contributed by atoms with E-state index in [4.69, 9.17) is 26.0 Å². The first-order valence-electron chi connectivity index (χ1n) is 15.3. The Hall–Kier alpha value is -4.75. The van der Waals surface area contributed by atoms with Gasteiger partial charge in [-0.2, -0.15) is 18.3 Å². The summed E-state index contributed by atoms with van der Waals surface area (Å²) in [4.78, 5) is 25.9. The molecule has 1 aliphatic rings. The van der Waals surface area contributed by atoms with Crippen LogP contribution in [0.3, 0.4) is 0 Å². The molecule has 2 unspecified atom stereocenters. The molecule has 1 saturated carbocycles. The van der Waals surface area contributed by atoms with Gasteiger partial charge in [-0.1, -0.05) is 77.4 Å². The summed E-state index contributed by atoms with van der Waals surface area (Å²) in [5.74, 6) is 0.0648. The predicted molar refractivity (Wildman–Crippen MR) is 178 cm³/mol. The molecular weight excluding hydrogens is 663 g/mol. The molecule has 5 rings (SSSR count). The van der Waals surface area contributed by atoms with E-state index in [2.05, 4.69) is 27.3 Å². The molecule has 1 fully saturated rings. The smallest absolute Gasteiger partial charge is 0.416 e. The Kier molecular flexibility index (Phi) is 12.5. The SMILES string of the molecule is CC(C1CC1)C(O)(Cn1cncn1)c1ccc(Cl)cc1.CO/N=C(/C(=O)OC)c1ccccc1CO/N=C(\C)c1cccc(C(F)(F)F)c1. The minimum absolute atomic E-state index is 0.0484. The minimum Gasteiger partial charge on any atom is -0.464 e. The number of carbonyl (C=O) groups is 1. The lowest BCUT2D eigenvalue weighted by molar-refractivity contribution is -0.137. The Bertz CT molecular complexity index is 1750. The van der Waals surface area contributed by atoms with Crippen LogP contribution in [0.15, 0.2) is 95.8 Å². The van der Waals surface area contributed by atoms with Crippen molar-refractivity contribution in [3.8, 4) is 0 Å². The van der Waals surface area contributed by atoms with Crippen molar-refractivity contribution < 1.29 is 37.5 Å². The topological polar surface area (TPSA) is 120 Å². The first-order chi connectivity index (χ1) is 23.4. The third kappa shape index (κ3) is 9.89. The summed E-state index contributed by atoms with van der Waals surface area (Å²) in [5, 5.41) is 23.7. The zero-order valence-corrected chi connectivity index (χ0v) is 28.2. The van der Waals surface area contributed by atoms with Gasteiger partial charge in [0.1, 0.15) is 32.0 Å². The van der Waals surface area contributed by atoms with Crippen LogP contribution in [0.2, 0.25) is 5.02 Å². The van der Waals surface area contributed by atoms with E-state index in [9.17, 15) is 23.1 Å². The van der Waals surface area contributed by atoms with Gasteiger partial charge in [0, 0.05) is 16.1 Å². The molecule has 10 nitrogen and oxygen atoms in total. The zero-order chi connectivity index (χ0) is 35.6. The molecule has 3 aromatic carbocycles. The normalized spacial score (nSPS) is 15.4. The van der Waals surface area contributed by atoms with E-state index >= 15 is 0 Å². The Morgan fingerprint density at radius 3 is 2.37 bits per heavy atom. The highest BCUT2D eigenvalue weighted by molar-refractivity contribution is 6.43. The molecule has 14 heteroatoms. The second-order valence-corrected chi connectivity index (χ2v) is 11.9. The number of nitrogens with zero attached hydrogens (tertiary/aromatic N) is 5. The zero-order valence-electron chi connectivity index (χ0n) is 27.4. The Labute approximate surface area is 287 Å². The Balaban J connectivity index is 0.000000235. The number of esters is 1. The molecule has 1 heterocycles. The lowest BCUT2D eigenvalue weighted by Crippen LogP contribution is -2.39. The fourth-order valence-electron chi connectivity index (χ4n) is 5.22. The number of carbonyl (C=O) groups excluding carboxylic acids is 1. The first kappa shape index (κ1) is 37.1. The number of hydrogen-bond acceptors (Lipinski definition) is 9. The van der Waals surface area contributed by atoms with Crippen LogP contribution in [0.5, 0.6) is 0 Å². The van der Waals surface area contributed by atoms with Gasteiger partial charge in [0.15, 0.2) is 5.71 Å². The molecule has 1 aromatic heterocycles. The van der Waals surface area contributed by atoms with Crippen LogP contribution in [-0.4, -0.2) is 51.5 Å². The summed E-state index contributed by atoms with van der Waals surface area (Å²) in [6.45, 7) is 4.01. The summed E-state index contributed by atoms with van der Waals surface area (Å²) >= 11 is 5.95. The number of aromatic nitrogens is 3. The van der Waals surface area contributed by atoms with Crippen LogP contribution < -0.4 is 0 Å². The first-order valence-corrected chi connectivity index (χ1v) is 15.7. The van der Waals surface area contributed by atoms with Crippen molar-refractivity contribution in [2.24, 2.45) is 22.1 Å². The van der Waals surface area contributed by atoms with Crippen LogP contribution in [0.4, 0.5) is 13.2 Å². The van der Waals surface area contributed by atoms with Gasteiger partial charge in [0.25, 0.3) is 0 Å². The van der Waals surface area contributed by atoms with Crippen molar-refractivity contribution in [2.75, 3.05) is 14.2 Å². The van der Waals surface area contributed by atoms with E-state index in [1.165, 1.54) is 52.4 Å². The van der Waals surface area contributed by atoms with Crippen LogP contribution in [0, 0.1) is 11.8 Å². The number of oxime groups is 2. The fraction of sp³-hybridized carbons (Fsp3) is 0.343. The summed E-state index contributed by atoms with van der Waals surface area (Å²) < 4.78 is 44.9. The highest BCUT2D eigenvalue weighted by Crippen LogP contribution is 2.46. The molecule has 1 aliphatic carbocycles. The average molecular weight is 700 g/mol. The van der Waals surface area contributed by atoms with Crippen molar-refractivity contribution in [2.45, 2.75) is 51.6 Å².